The van der Waals surface area contributed by atoms with Gasteiger partial charge in [0.1, 0.15) is 29.2 Å². The Morgan fingerprint density at radius 2 is 1.62 bits per heavy atom. The minimum Gasteiger partial charge on any atom is -0.508 e. The van der Waals surface area contributed by atoms with Crippen molar-refractivity contribution in [1.82, 2.24) is 10.2 Å². The zero-order chi connectivity index (χ0) is 27.8. The van der Waals surface area contributed by atoms with Crippen molar-refractivity contribution in [3.63, 3.8) is 0 Å². The zero-order valence-corrected chi connectivity index (χ0v) is 21.6. The molecule has 2 unspecified atom stereocenters. The van der Waals surface area contributed by atoms with Gasteiger partial charge in [0, 0.05) is 12.2 Å². The number of hydrogen-bond donors (Lipinski definition) is 4. The van der Waals surface area contributed by atoms with E-state index in [-0.39, 0.29) is 12.3 Å². The first kappa shape index (κ1) is 29.0. The Kier molecular flexibility index (Phi) is 9.87. The Bertz CT molecular complexity index is 1100. The summed E-state index contributed by atoms with van der Waals surface area (Å²) in [7, 11) is 1.52. The first-order chi connectivity index (χ1) is 17.3. The van der Waals surface area contributed by atoms with Gasteiger partial charge in [-0.1, -0.05) is 12.1 Å². The van der Waals surface area contributed by atoms with Crippen LogP contribution in [0.25, 0.3) is 0 Å². The van der Waals surface area contributed by atoms with E-state index in [1.54, 1.807) is 52.0 Å². The number of phenols is 1. The smallest absolute Gasteiger partial charge is 0.408 e. The van der Waals surface area contributed by atoms with Gasteiger partial charge in [0.15, 0.2) is 0 Å². The summed E-state index contributed by atoms with van der Waals surface area (Å²) in [6.45, 7) is 6.66. The first-order valence-corrected chi connectivity index (χ1v) is 11.7. The molecule has 0 fully saturated rings. The molecule has 0 radical (unpaired) electrons. The van der Waals surface area contributed by atoms with E-state index in [2.05, 4.69) is 10.6 Å². The van der Waals surface area contributed by atoms with E-state index < -0.39 is 47.9 Å². The molecule has 0 aromatic heterocycles. The number of ether oxygens (including phenoxy) is 2. The van der Waals surface area contributed by atoms with Crippen molar-refractivity contribution in [3.05, 3.63) is 54.1 Å². The van der Waals surface area contributed by atoms with Gasteiger partial charge in [-0.2, -0.15) is 0 Å². The summed E-state index contributed by atoms with van der Waals surface area (Å²) >= 11 is 0. The highest BCUT2D eigenvalue weighted by Gasteiger charge is 2.36. The molecule has 11 heteroatoms. The van der Waals surface area contributed by atoms with E-state index in [9.17, 15) is 24.3 Å². The number of benzene rings is 2. The number of aromatic hydroxyl groups is 1. The number of likely N-dealkylation sites (N-methyl/N-ethyl adjacent to an activating group) is 1. The number of phenolic OH excluding ortho intramolecular Hbond substituents is 1. The summed E-state index contributed by atoms with van der Waals surface area (Å²) in [6, 6.07) is 9.87. The van der Waals surface area contributed by atoms with Crippen LogP contribution in [0.5, 0.6) is 11.5 Å². The van der Waals surface area contributed by atoms with Gasteiger partial charge in [-0.3, -0.25) is 14.4 Å². The number of hydrogen-bond acceptors (Lipinski definition) is 7. The molecule has 0 aliphatic carbocycles. The van der Waals surface area contributed by atoms with Gasteiger partial charge >= 0.3 is 6.09 Å². The van der Waals surface area contributed by atoms with Crippen LogP contribution in [-0.2, 0) is 19.1 Å². The summed E-state index contributed by atoms with van der Waals surface area (Å²) in [5, 5.41) is 14.9. The molecule has 0 saturated carbocycles. The van der Waals surface area contributed by atoms with E-state index >= 15 is 0 Å². The van der Waals surface area contributed by atoms with Crippen LogP contribution in [0.2, 0.25) is 0 Å². The monoisotopic (exact) mass is 514 g/mol. The first-order valence-electron chi connectivity index (χ1n) is 11.7. The van der Waals surface area contributed by atoms with Crippen molar-refractivity contribution < 1.29 is 33.8 Å². The lowest BCUT2D eigenvalue weighted by Gasteiger charge is -2.33. The molecule has 0 aliphatic rings. The highest BCUT2D eigenvalue weighted by molar-refractivity contribution is 5.99. The number of methoxy groups -OCH3 is 1. The number of alkyl carbamates (subject to hydrolysis) is 1. The molecule has 2 rings (SSSR count). The number of carbonyl (C=O) groups excluding carboxylic acids is 4. The summed E-state index contributed by atoms with van der Waals surface area (Å²) < 4.78 is 10.4. The minimum atomic E-state index is -1.37. The molecule has 37 heavy (non-hydrogen) atoms. The number of rotatable bonds is 10. The van der Waals surface area contributed by atoms with Gasteiger partial charge in [0.2, 0.25) is 11.8 Å². The van der Waals surface area contributed by atoms with E-state index in [0.29, 0.717) is 17.0 Å². The third-order valence-electron chi connectivity index (χ3n) is 5.14. The molecule has 0 spiro atoms. The molecule has 0 aliphatic heterocycles. The van der Waals surface area contributed by atoms with Gasteiger partial charge in [-0.05, 0) is 69.7 Å². The molecule has 4 amide bonds. The maximum Gasteiger partial charge on any atom is 0.408 e. The van der Waals surface area contributed by atoms with E-state index in [1.807, 2.05) is 0 Å². The SMILES string of the molecule is CCN(C(=O)C(CC(N)=O)NC(=O)OC(C)(C)C)C(C(=O)Nc1ccc(OC)cc1)c1ccc(O)cc1. The van der Waals surface area contributed by atoms with Crippen LogP contribution < -0.4 is 21.1 Å². The molecule has 200 valence electrons. The number of nitrogens with one attached hydrogen (secondary N) is 2. The maximum absolute atomic E-state index is 13.6. The predicted molar refractivity (Wildman–Crippen MR) is 137 cm³/mol. The molecule has 2 atom stereocenters. The lowest BCUT2D eigenvalue weighted by atomic mass is 10.0. The Morgan fingerprint density at radius 3 is 2.11 bits per heavy atom. The molecule has 0 heterocycles. The Labute approximate surface area is 215 Å². The number of nitrogens with two attached hydrogens (primary N) is 1. The van der Waals surface area contributed by atoms with E-state index in [1.165, 1.54) is 36.3 Å². The number of nitrogens with zero attached hydrogens (tertiary/aromatic N) is 1. The predicted octanol–water partition coefficient (Wildman–Crippen LogP) is 2.70. The zero-order valence-electron chi connectivity index (χ0n) is 21.6. The quantitative estimate of drug-likeness (QED) is 0.379. The minimum absolute atomic E-state index is 0.0226. The average molecular weight is 515 g/mol. The van der Waals surface area contributed by atoms with Crippen LogP contribution in [0, 0.1) is 0 Å². The molecule has 2 aromatic carbocycles. The van der Waals surface area contributed by atoms with Gasteiger partial charge in [0.05, 0.1) is 13.5 Å². The largest absolute Gasteiger partial charge is 0.508 e. The highest BCUT2D eigenvalue weighted by atomic mass is 16.6. The third kappa shape index (κ3) is 8.71. The number of anilines is 1. The molecular weight excluding hydrogens is 480 g/mol. The second kappa shape index (κ2) is 12.6. The molecule has 2 aromatic rings. The average Bonchev–Trinajstić information content (AvgIpc) is 2.81. The van der Waals surface area contributed by atoms with Crippen molar-refractivity contribution in [2.75, 3.05) is 19.0 Å². The lowest BCUT2D eigenvalue weighted by Crippen LogP contribution is -2.53. The molecule has 11 nitrogen and oxygen atoms in total. The fourth-order valence-electron chi connectivity index (χ4n) is 3.53. The third-order valence-corrected chi connectivity index (χ3v) is 5.14. The normalized spacial score (nSPS) is 12.6. The van der Waals surface area contributed by atoms with Crippen LogP contribution in [0.4, 0.5) is 10.5 Å². The van der Waals surface area contributed by atoms with Crippen molar-refractivity contribution >= 4 is 29.5 Å². The Morgan fingerprint density at radius 1 is 1.03 bits per heavy atom. The summed E-state index contributed by atoms with van der Waals surface area (Å²) in [5.41, 5.74) is 5.35. The van der Waals surface area contributed by atoms with Crippen molar-refractivity contribution in [1.29, 1.82) is 0 Å². The summed E-state index contributed by atoms with van der Waals surface area (Å²) in [6.07, 6.45) is -1.41. The molecule has 0 saturated heterocycles. The standard InChI is InChI=1S/C26H34N4O7/c1-6-30(24(34)20(15-21(27)32)29-25(35)37-26(2,3)4)22(16-7-11-18(31)12-8-16)23(33)28-17-9-13-19(36-5)14-10-17/h7-14,20,22,31H,6,15H2,1-5H3,(H2,27,32)(H,28,33)(H,29,35). The van der Waals surface area contributed by atoms with Crippen LogP contribution in [0.15, 0.2) is 48.5 Å². The fourth-order valence-corrected chi connectivity index (χ4v) is 3.53. The van der Waals surface area contributed by atoms with E-state index in [0.717, 1.165) is 0 Å². The van der Waals surface area contributed by atoms with Gasteiger partial charge in [-0.15, -0.1) is 0 Å². The topological polar surface area (TPSA) is 160 Å². The molecule has 0 bridgehead atoms. The summed E-state index contributed by atoms with van der Waals surface area (Å²) in [4.78, 5) is 52.5. The fraction of sp³-hybridized carbons (Fsp3) is 0.385. The van der Waals surface area contributed by atoms with Crippen LogP contribution >= 0.6 is 0 Å². The van der Waals surface area contributed by atoms with Crippen LogP contribution in [0.3, 0.4) is 0 Å². The van der Waals surface area contributed by atoms with Crippen molar-refractivity contribution in [2.45, 2.75) is 51.8 Å². The van der Waals surface area contributed by atoms with Gasteiger partial charge in [0.25, 0.3) is 5.91 Å². The molecular formula is C26H34N4O7. The Balaban J connectivity index is 2.42. The Hall–Kier alpha value is -4.28. The second-order valence-electron chi connectivity index (χ2n) is 9.21. The number of carbonyl (C=O) groups is 4. The molecule has 5 N–H and O–H groups in total. The lowest BCUT2D eigenvalue weighted by molar-refractivity contribution is -0.141. The van der Waals surface area contributed by atoms with E-state index in [4.69, 9.17) is 15.2 Å². The second-order valence-corrected chi connectivity index (χ2v) is 9.21. The van der Waals surface area contributed by atoms with Crippen molar-refractivity contribution in [2.24, 2.45) is 5.73 Å². The number of primary amides is 1. The van der Waals surface area contributed by atoms with Gasteiger partial charge in [-0.25, -0.2) is 4.79 Å². The van der Waals surface area contributed by atoms with Crippen LogP contribution in [0.1, 0.15) is 45.7 Å². The highest BCUT2D eigenvalue weighted by Crippen LogP contribution is 2.26. The number of amides is 4. The van der Waals surface area contributed by atoms with Crippen molar-refractivity contribution in [3.8, 4) is 11.5 Å². The van der Waals surface area contributed by atoms with Gasteiger partial charge < -0.3 is 35.8 Å². The summed E-state index contributed by atoms with van der Waals surface area (Å²) in [5.74, 6) is -1.52. The maximum atomic E-state index is 13.6. The van der Waals surface area contributed by atoms with Crippen LogP contribution in [-0.4, -0.2) is 59.1 Å².